The van der Waals surface area contributed by atoms with Crippen molar-refractivity contribution in [3.63, 3.8) is 0 Å². The summed E-state index contributed by atoms with van der Waals surface area (Å²) in [6, 6.07) is 1.70. The predicted octanol–water partition coefficient (Wildman–Crippen LogP) is -1.54. The van der Waals surface area contributed by atoms with Gasteiger partial charge in [-0.2, -0.15) is 4.98 Å². The summed E-state index contributed by atoms with van der Waals surface area (Å²) in [6.45, 7) is 1.33. The standard InChI is InChI=1S/C13H19N3O5/c17-7-8-10(18)11(19)12(21-8)16-6-3-9(14-13(16)20)15-4-1-2-5-15/h3,6,8,10-12,17-19H,1-2,4-5,7H2/t8-,10+,11+,12-/m1/s1. The van der Waals surface area contributed by atoms with Gasteiger partial charge in [0.15, 0.2) is 6.23 Å². The zero-order valence-electron chi connectivity index (χ0n) is 11.5. The minimum atomic E-state index is -1.28. The second kappa shape index (κ2) is 5.72. The van der Waals surface area contributed by atoms with Gasteiger partial charge in [0.05, 0.1) is 6.61 Å². The lowest BCUT2D eigenvalue weighted by molar-refractivity contribution is -0.0549. The van der Waals surface area contributed by atoms with Crippen LogP contribution in [0, 0.1) is 0 Å². The Hall–Kier alpha value is -1.48. The molecule has 0 aliphatic carbocycles. The van der Waals surface area contributed by atoms with E-state index < -0.39 is 36.8 Å². The summed E-state index contributed by atoms with van der Waals surface area (Å²) < 4.78 is 6.47. The van der Waals surface area contributed by atoms with Crippen LogP contribution in [0.4, 0.5) is 5.82 Å². The van der Waals surface area contributed by atoms with Crippen molar-refractivity contribution in [2.24, 2.45) is 0 Å². The fourth-order valence-electron chi connectivity index (χ4n) is 2.83. The summed E-state index contributed by atoms with van der Waals surface area (Å²) in [5, 5.41) is 28.7. The van der Waals surface area contributed by atoms with E-state index in [0.29, 0.717) is 5.82 Å². The molecule has 0 amide bonds. The van der Waals surface area contributed by atoms with Crippen LogP contribution in [0.1, 0.15) is 19.1 Å². The topological polar surface area (TPSA) is 108 Å². The van der Waals surface area contributed by atoms with Gasteiger partial charge >= 0.3 is 5.69 Å². The van der Waals surface area contributed by atoms with Crippen molar-refractivity contribution in [3.05, 3.63) is 22.7 Å². The maximum Gasteiger partial charge on any atom is 0.351 e. The third kappa shape index (κ3) is 2.55. The molecule has 1 aromatic rings. The molecule has 0 bridgehead atoms. The first-order chi connectivity index (χ1) is 10.1. The molecule has 0 radical (unpaired) electrons. The zero-order valence-corrected chi connectivity index (χ0v) is 11.5. The average Bonchev–Trinajstić information content (AvgIpc) is 3.10. The monoisotopic (exact) mass is 297 g/mol. The Morgan fingerprint density at radius 1 is 1.29 bits per heavy atom. The van der Waals surface area contributed by atoms with Gasteiger partial charge in [0.2, 0.25) is 0 Å². The highest BCUT2D eigenvalue weighted by atomic mass is 16.6. The van der Waals surface area contributed by atoms with Gasteiger partial charge < -0.3 is 25.0 Å². The predicted molar refractivity (Wildman–Crippen MR) is 73.0 cm³/mol. The first kappa shape index (κ1) is 14.5. The maximum atomic E-state index is 12.1. The lowest BCUT2D eigenvalue weighted by Gasteiger charge is -2.20. The molecule has 1 aromatic heterocycles. The zero-order chi connectivity index (χ0) is 15.0. The Kier molecular flexibility index (Phi) is 3.94. The van der Waals surface area contributed by atoms with Crippen LogP contribution in [0.2, 0.25) is 0 Å². The quantitative estimate of drug-likeness (QED) is 0.620. The summed E-state index contributed by atoms with van der Waals surface area (Å²) in [5.41, 5.74) is -0.547. The van der Waals surface area contributed by atoms with Crippen LogP contribution in [0.3, 0.4) is 0 Å². The number of anilines is 1. The van der Waals surface area contributed by atoms with Crippen LogP contribution in [0.15, 0.2) is 17.1 Å². The molecule has 116 valence electrons. The van der Waals surface area contributed by atoms with Gasteiger partial charge in [-0.1, -0.05) is 0 Å². The van der Waals surface area contributed by atoms with E-state index in [2.05, 4.69) is 4.98 Å². The van der Waals surface area contributed by atoms with Gasteiger partial charge in [-0.3, -0.25) is 4.57 Å². The number of hydrogen-bond acceptors (Lipinski definition) is 7. The molecule has 3 heterocycles. The fourth-order valence-corrected chi connectivity index (χ4v) is 2.83. The average molecular weight is 297 g/mol. The van der Waals surface area contributed by atoms with Crippen LogP contribution < -0.4 is 10.6 Å². The summed E-state index contributed by atoms with van der Waals surface area (Å²) in [6.07, 6.45) is -0.785. The number of aromatic nitrogens is 2. The summed E-state index contributed by atoms with van der Waals surface area (Å²) >= 11 is 0. The van der Waals surface area contributed by atoms with Crippen molar-refractivity contribution in [1.82, 2.24) is 9.55 Å². The maximum absolute atomic E-state index is 12.1. The molecule has 2 saturated heterocycles. The van der Waals surface area contributed by atoms with E-state index in [4.69, 9.17) is 9.84 Å². The van der Waals surface area contributed by atoms with E-state index in [1.807, 2.05) is 4.90 Å². The van der Waals surface area contributed by atoms with E-state index in [9.17, 15) is 15.0 Å². The Labute approximate surface area is 121 Å². The first-order valence-corrected chi connectivity index (χ1v) is 7.08. The first-order valence-electron chi connectivity index (χ1n) is 7.08. The molecule has 2 aliphatic rings. The Morgan fingerprint density at radius 2 is 2.00 bits per heavy atom. The highest BCUT2D eigenvalue weighted by Gasteiger charge is 2.43. The van der Waals surface area contributed by atoms with Crippen LogP contribution in [0.25, 0.3) is 0 Å². The molecule has 21 heavy (non-hydrogen) atoms. The van der Waals surface area contributed by atoms with Gasteiger partial charge in [-0.05, 0) is 18.9 Å². The van der Waals surface area contributed by atoms with Crippen molar-refractivity contribution >= 4 is 5.82 Å². The van der Waals surface area contributed by atoms with Crippen molar-refractivity contribution in [2.75, 3.05) is 24.6 Å². The van der Waals surface area contributed by atoms with Gasteiger partial charge in [0.25, 0.3) is 0 Å². The third-order valence-electron chi connectivity index (χ3n) is 4.04. The SMILES string of the molecule is O=c1nc(N2CCCC2)ccn1[C@@H]1O[C@H](CO)[C@H](O)[C@@H]1O. The lowest BCUT2D eigenvalue weighted by Crippen LogP contribution is -2.36. The van der Waals surface area contributed by atoms with Gasteiger partial charge in [-0.15, -0.1) is 0 Å². The smallest absolute Gasteiger partial charge is 0.351 e. The molecule has 3 N–H and O–H groups in total. The number of aliphatic hydroxyl groups excluding tert-OH is 3. The van der Waals surface area contributed by atoms with Gasteiger partial charge in [-0.25, -0.2) is 4.79 Å². The molecule has 2 aliphatic heterocycles. The molecule has 2 fully saturated rings. The Balaban J connectivity index is 1.84. The van der Waals surface area contributed by atoms with Crippen molar-refractivity contribution in [3.8, 4) is 0 Å². The molecule has 3 rings (SSSR count). The van der Waals surface area contributed by atoms with Crippen LogP contribution >= 0.6 is 0 Å². The fraction of sp³-hybridized carbons (Fsp3) is 0.692. The summed E-state index contributed by atoms with van der Waals surface area (Å²) in [4.78, 5) is 18.2. The second-order valence-corrected chi connectivity index (χ2v) is 5.40. The van der Waals surface area contributed by atoms with Crippen LogP contribution in [-0.4, -0.2) is 62.9 Å². The molecule has 4 atom stereocenters. The molecular weight excluding hydrogens is 278 g/mol. The van der Waals surface area contributed by atoms with E-state index in [1.165, 1.54) is 6.20 Å². The van der Waals surface area contributed by atoms with Crippen molar-refractivity contribution in [2.45, 2.75) is 37.4 Å². The Morgan fingerprint density at radius 3 is 2.57 bits per heavy atom. The highest BCUT2D eigenvalue weighted by Crippen LogP contribution is 2.28. The molecular formula is C13H19N3O5. The van der Waals surface area contributed by atoms with Crippen LogP contribution in [-0.2, 0) is 4.74 Å². The molecule has 0 saturated carbocycles. The number of hydrogen-bond donors (Lipinski definition) is 3. The molecule has 0 aromatic carbocycles. The minimum Gasteiger partial charge on any atom is -0.394 e. The Bertz CT molecular complexity index is 557. The molecule has 8 heteroatoms. The summed E-state index contributed by atoms with van der Waals surface area (Å²) in [7, 11) is 0. The van der Waals surface area contributed by atoms with Gasteiger partial charge in [0, 0.05) is 19.3 Å². The second-order valence-electron chi connectivity index (χ2n) is 5.40. The van der Waals surface area contributed by atoms with Crippen molar-refractivity contribution in [1.29, 1.82) is 0 Å². The van der Waals surface area contributed by atoms with Crippen molar-refractivity contribution < 1.29 is 20.1 Å². The summed E-state index contributed by atoms with van der Waals surface area (Å²) in [5.74, 6) is 0.612. The molecule has 0 spiro atoms. The largest absolute Gasteiger partial charge is 0.394 e. The van der Waals surface area contributed by atoms with Crippen LogP contribution in [0.5, 0.6) is 0 Å². The van der Waals surface area contributed by atoms with Gasteiger partial charge in [0.1, 0.15) is 24.1 Å². The number of ether oxygens (including phenoxy) is 1. The number of nitrogens with zero attached hydrogens (tertiary/aromatic N) is 3. The van der Waals surface area contributed by atoms with E-state index in [-0.39, 0.29) is 0 Å². The lowest BCUT2D eigenvalue weighted by atomic mass is 10.1. The molecule has 8 nitrogen and oxygen atoms in total. The van der Waals surface area contributed by atoms with E-state index >= 15 is 0 Å². The van der Waals surface area contributed by atoms with E-state index in [0.717, 1.165) is 30.5 Å². The van der Waals surface area contributed by atoms with E-state index in [1.54, 1.807) is 6.07 Å². The third-order valence-corrected chi connectivity index (χ3v) is 4.04. The number of rotatable bonds is 3. The minimum absolute atomic E-state index is 0.428. The normalized spacial score (nSPS) is 32.8. The highest BCUT2D eigenvalue weighted by molar-refractivity contribution is 5.37. The number of aliphatic hydroxyl groups is 3. The molecule has 0 unspecified atom stereocenters.